The van der Waals surface area contributed by atoms with Gasteiger partial charge in [-0.1, -0.05) is 6.92 Å². The van der Waals surface area contributed by atoms with Crippen LogP contribution in [0.3, 0.4) is 0 Å². The molecule has 15 heavy (non-hydrogen) atoms. The second-order valence-electron chi connectivity index (χ2n) is 3.09. The Bertz CT molecular complexity index is 327. The first-order valence-corrected chi connectivity index (χ1v) is 5.63. The molecule has 0 bridgehead atoms. The Kier molecular flexibility index (Phi) is 4.67. The molecule has 1 aromatic rings. The molecule has 6 heteroatoms. The van der Waals surface area contributed by atoms with E-state index in [1.54, 1.807) is 17.8 Å². The Morgan fingerprint density at radius 2 is 2.47 bits per heavy atom. The van der Waals surface area contributed by atoms with Crippen molar-refractivity contribution in [3.05, 3.63) is 23.7 Å². The molecule has 1 unspecified atom stereocenters. The second kappa shape index (κ2) is 5.79. The van der Waals surface area contributed by atoms with Crippen molar-refractivity contribution >= 4 is 17.7 Å². The van der Waals surface area contributed by atoms with Crippen molar-refractivity contribution in [2.24, 2.45) is 11.6 Å². The summed E-state index contributed by atoms with van der Waals surface area (Å²) >= 11 is 1.64. The molecular formula is C9H15N3O2S. The van der Waals surface area contributed by atoms with E-state index < -0.39 is 0 Å². The van der Waals surface area contributed by atoms with Crippen LogP contribution in [0, 0.1) is 0 Å². The number of rotatable bonds is 5. The minimum absolute atomic E-state index is 0.334. The van der Waals surface area contributed by atoms with Gasteiger partial charge in [0.1, 0.15) is 5.76 Å². The molecule has 0 aliphatic carbocycles. The van der Waals surface area contributed by atoms with Crippen LogP contribution in [-0.2, 0) is 5.75 Å². The normalized spacial score (nSPS) is 12.5. The Labute approximate surface area is 92.5 Å². The minimum atomic E-state index is -0.334. The van der Waals surface area contributed by atoms with Gasteiger partial charge in [0.25, 0.3) is 5.91 Å². The quantitative estimate of drug-likeness (QED) is 0.387. The van der Waals surface area contributed by atoms with Crippen LogP contribution in [0.2, 0.25) is 0 Å². The van der Waals surface area contributed by atoms with Crippen molar-refractivity contribution in [3.8, 4) is 0 Å². The molecule has 0 aliphatic rings. The first kappa shape index (κ1) is 12.1. The maximum atomic E-state index is 11.3. The van der Waals surface area contributed by atoms with Gasteiger partial charge in [0.05, 0.1) is 17.6 Å². The van der Waals surface area contributed by atoms with Crippen molar-refractivity contribution < 1.29 is 9.21 Å². The van der Waals surface area contributed by atoms with Crippen LogP contribution in [0.15, 0.2) is 16.7 Å². The summed E-state index contributed by atoms with van der Waals surface area (Å²) in [6, 6.07) is 1.60. The van der Waals surface area contributed by atoms with Crippen molar-refractivity contribution in [2.75, 3.05) is 6.54 Å². The molecule has 5 nitrogen and oxygen atoms in total. The summed E-state index contributed by atoms with van der Waals surface area (Å²) in [5, 5.41) is 0.337. The predicted octanol–water partition coefficient (Wildman–Crippen LogP) is 0.464. The molecule has 0 spiro atoms. The van der Waals surface area contributed by atoms with E-state index in [1.807, 2.05) is 6.92 Å². The summed E-state index contributed by atoms with van der Waals surface area (Å²) in [5.74, 6) is 5.96. The number of carbonyl (C=O) groups is 1. The third-order valence-corrected chi connectivity index (χ3v) is 3.14. The number of carbonyl (C=O) groups excluding carboxylic acids is 1. The Morgan fingerprint density at radius 1 is 1.73 bits per heavy atom. The molecule has 0 aliphatic heterocycles. The highest BCUT2D eigenvalue weighted by atomic mass is 32.2. The molecule has 5 N–H and O–H groups in total. The van der Waals surface area contributed by atoms with E-state index in [0.29, 0.717) is 28.9 Å². The predicted molar refractivity (Wildman–Crippen MR) is 60.2 cm³/mol. The summed E-state index contributed by atoms with van der Waals surface area (Å²) in [5.41, 5.74) is 8.04. The summed E-state index contributed by atoms with van der Waals surface area (Å²) in [4.78, 5) is 11.3. The summed E-state index contributed by atoms with van der Waals surface area (Å²) in [6.07, 6.45) is 1.48. The highest BCUT2D eigenvalue weighted by molar-refractivity contribution is 7.99. The molecule has 1 amide bonds. The van der Waals surface area contributed by atoms with E-state index >= 15 is 0 Å². The smallest absolute Gasteiger partial charge is 0.268 e. The molecule has 1 rings (SSSR count). The number of amides is 1. The van der Waals surface area contributed by atoms with Crippen molar-refractivity contribution in [1.82, 2.24) is 5.43 Å². The summed E-state index contributed by atoms with van der Waals surface area (Å²) in [6.45, 7) is 2.63. The number of nitrogen functional groups attached to an aromatic ring is 1. The summed E-state index contributed by atoms with van der Waals surface area (Å²) in [7, 11) is 0. The maximum absolute atomic E-state index is 11.3. The number of hydrogen-bond donors (Lipinski definition) is 3. The van der Waals surface area contributed by atoms with Crippen LogP contribution in [0.4, 0.5) is 0 Å². The molecule has 0 saturated heterocycles. The summed E-state index contributed by atoms with van der Waals surface area (Å²) < 4.78 is 5.20. The number of thioether (sulfide) groups is 1. The fourth-order valence-electron chi connectivity index (χ4n) is 1.02. The molecule has 1 heterocycles. The van der Waals surface area contributed by atoms with Gasteiger partial charge in [-0.05, 0) is 6.07 Å². The van der Waals surface area contributed by atoms with E-state index in [0.717, 1.165) is 0 Å². The van der Waals surface area contributed by atoms with E-state index in [2.05, 4.69) is 5.43 Å². The Morgan fingerprint density at radius 3 is 3.07 bits per heavy atom. The van der Waals surface area contributed by atoms with Gasteiger partial charge in [-0.15, -0.1) is 11.8 Å². The zero-order valence-corrected chi connectivity index (χ0v) is 9.34. The first-order chi connectivity index (χ1) is 7.19. The van der Waals surface area contributed by atoms with Crippen LogP contribution in [0.5, 0.6) is 0 Å². The van der Waals surface area contributed by atoms with Crippen molar-refractivity contribution in [1.29, 1.82) is 0 Å². The zero-order valence-electron chi connectivity index (χ0n) is 8.53. The van der Waals surface area contributed by atoms with E-state index in [4.69, 9.17) is 16.0 Å². The van der Waals surface area contributed by atoms with Crippen LogP contribution in [-0.4, -0.2) is 17.7 Å². The van der Waals surface area contributed by atoms with Crippen LogP contribution >= 0.6 is 11.8 Å². The topological polar surface area (TPSA) is 94.3 Å². The van der Waals surface area contributed by atoms with Gasteiger partial charge in [0.2, 0.25) is 0 Å². The second-order valence-corrected chi connectivity index (χ2v) is 4.51. The largest absolute Gasteiger partial charge is 0.468 e. The number of hydrazine groups is 1. The van der Waals surface area contributed by atoms with Gasteiger partial charge in [-0.25, -0.2) is 5.84 Å². The molecule has 0 radical (unpaired) electrons. The number of nitrogens with two attached hydrogens (primary N) is 2. The van der Waals surface area contributed by atoms with E-state index in [1.165, 1.54) is 6.26 Å². The van der Waals surface area contributed by atoms with Crippen molar-refractivity contribution in [3.63, 3.8) is 0 Å². The van der Waals surface area contributed by atoms with E-state index in [9.17, 15) is 4.79 Å². The van der Waals surface area contributed by atoms with Gasteiger partial charge in [-0.3, -0.25) is 10.2 Å². The molecule has 1 atom stereocenters. The molecule has 84 valence electrons. The molecular weight excluding hydrogens is 214 g/mol. The average Bonchev–Trinajstić information content (AvgIpc) is 2.72. The SMILES string of the molecule is CC(CN)SCc1occc1C(=O)NN. The average molecular weight is 229 g/mol. The van der Waals surface area contributed by atoms with Gasteiger partial charge in [0.15, 0.2) is 0 Å². The lowest BCUT2D eigenvalue weighted by Crippen LogP contribution is -2.30. The number of furan rings is 1. The lowest BCUT2D eigenvalue weighted by Gasteiger charge is -2.07. The fraction of sp³-hybridized carbons (Fsp3) is 0.444. The van der Waals surface area contributed by atoms with Crippen molar-refractivity contribution in [2.45, 2.75) is 17.9 Å². The molecule has 0 aromatic carbocycles. The zero-order chi connectivity index (χ0) is 11.3. The third-order valence-electron chi connectivity index (χ3n) is 1.95. The van der Waals surface area contributed by atoms with Gasteiger partial charge >= 0.3 is 0 Å². The lowest BCUT2D eigenvalue weighted by atomic mass is 10.2. The van der Waals surface area contributed by atoms with Gasteiger partial charge < -0.3 is 10.2 Å². The number of nitrogens with one attached hydrogen (secondary N) is 1. The molecule has 1 aromatic heterocycles. The standard InChI is InChI=1S/C9H15N3O2S/c1-6(4-10)15-5-8-7(2-3-14-8)9(13)12-11/h2-3,6H,4-5,10-11H2,1H3,(H,12,13). The monoisotopic (exact) mass is 229 g/mol. The molecule has 0 saturated carbocycles. The number of hydrogen-bond acceptors (Lipinski definition) is 5. The van der Waals surface area contributed by atoms with E-state index in [-0.39, 0.29) is 5.91 Å². The van der Waals surface area contributed by atoms with Crippen LogP contribution in [0.1, 0.15) is 23.0 Å². The Hall–Kier alpha value is -0.980. The maximum Gasteiger partial charge on any atom is 0.268 e. The van der Waals surface area contributed by atoms with Crippen LogP contribution in [0.25, 0.3) is 0 Å². The minimum Gasteiger partial charge on any atom is -0.468 e. The lowest BCUT2D eigenvalue weighted by molar-refractivity contribution is 0.0952. The molecule has 0 fully saturated rings. The fourth-order valence-corrected chi connectivity index (χ4v) is 1.81. The highest BCUT2D eigenvalue weighted by Crippen LogP contribution is 2.20. The van der Waals surface area contributed by atoms with Gasteiger partial charge in [0, 0.05) is 11.8 Å². The van der Waals surface area contributed by atoms with Gasteiger partial charge in [-0.2, -0.15) is 0 Å². The van der Waals surface area contributed by atoms with Crippen LogP contribution < -0.4 is 17.0 Å². The Balaban J connectivity index is 2.61. The third kappa shape index (κ3) is 3.26. The highest BCUT2D eigenvalue weighted by Gasteiger charge is 2.14. The first-order valence-electron chi connectivity index (χ1n) is 4.58.